The molecular weight excluding hydrogens is 592 g/mol. The minimum absolute atomic E-state index is 0.0884. The van der Waals surface area contributed by atoms with Crippen LogP contribution in [0.15, 0.2) is 60.7 Å². The maximum atomic E-state index is 13.6. The van der Waals surface area contributed by atoms with E-state index in [2.05, 4.69) is 0 Å². The maximum absolute atomic E-state index is 13.6. The van der Waals surface area contributed by atoms with Crippen molar-refractivity contribution in [2.75, 3.05) is 56.9 Å². The normalized spacial score (nSPS) is 10.5. The summed E-state index contributed by atoms with van der Waals surface area (Å²) in [5.74, 6) is 2.01. The molecule has 10 heteroatoms. The number of hydrogen-bond acceptors (Lipinski definition) is 10. The molecule has 0 spiro atoms. The monoisotopic (exact) mass is 630 g/mol. The van der Waals surface area contributed by atoms with Crippen LogP contribution in [0.5, 0.6) is 46.0 Å². The number of carbonyl (C=O) groups excluding carboxylic acids is 2. The highest BCUT2D eigenvalue weighted by Crippen LogP contribution is 2.40. The lowest BCUT2D eigenvalue weighted by Gasteiger charge is -2.16. The van der Waals surface area contributed by atoms with Gasteiger partial charge in [0, 0.05) is 5.56 Å². The molecule has 4 aromatic carbocycles. The fraction of sp³-hybridized carbons (Fsp3) is 0.278. The Kier molecular flexibility index (Phi) is 11.0. The number of Topliss-reactive ketones (excluding diaryl/α,β-unsaturated/α-hetero) is 2. The SMILES string of the molecule is COc1ccc(-c2ccc(OC)c(C(=O)C(=O)c3cc(OC)c(OC)c(OC)c3)c2)cc1CCc1cc(OC)c(OC)c(OC)c1. The number of methoxy groups -OCH3 is 8. The summed E-state index contributed by atoms with van der Waals surface area (Å²) in [7, 11) is 12.1. The zero-order chi connectivity index (χ0) is 33.4. The molecule has 0 radical (unpaired) electrons. The van der Waals surface area contributed by atoms with Gasteiger partial charge in [0.1, 0.15) is 11.5 Å². The Labute approximate surface area is 268 Å². The summed E-state index contributed by atoms with van der Waals surface area (Å²) in [4.78, 5) is 27.1. The molecule has 10 nitrogen and oxygen atoms in total. The summed E-state index contributed by atoms with van der Waals surface area (Å²) in [6, 6.07) is 17.7. The standard InChI is InChI=1S/C36H38O10/c1-39-27-13-11-22(17-24(27)10-9-21-15-29(41-3)35(45-7)30(16-21)42-4)23-12-14-28(40-2)26(18-23)34(38)33(37)25-19-31(43-5)36(46-8)32(20-25)44-6/h11-20H,9-10H2,1-8H3. The molecule has 0 bridgehead atoms. The van der Waals surface area contributed by atoms with E-state index in [0.717, 1.165) is 28.0 Å². The molecule has 4 aromatic rings. The fourth-order valence-corrected chi connectivity index (χ4v) is 5.24. The third-order valence-electron chi connectivity index (χ3n) is 7.60. The molecule has 0 saturated carbocycles. The highest BCUT2D eigenvalue weighted by molar-refractivity contribution is 6.50. The first-order valence-corrected chi connectivity index (χ1v) is 14.3. The molecule has 0 aliphatic heterocycles. The lowest BCUT2D eigenvalue weighted by molar-refractivity contribution is 0.0814. The summed E-state index contributed by atoms with van der Waals surface area (Å²) < 4.78 is 43.7. The molecule has 0 saturated heterocycles. The van der Waals surface area contributed by atoms with E-state index in [-0.39, 0.29) is 28.4 Å². The Morgan fingerprint density at radius 3 is 1.39 bits per heavy atom. The van der Waals surface area contributed by atoms with Crippen LogP contribution in [0, 0.1) is 0 Å². The van der Waals surface area contributed by atoms with Gasteiger partial charge < -0.3 is 37.9 Å². The third kappa shape index (κ3) is 6.81. The Balaban J connectivity index is 1.68. The van der Waals surface area contributed by atoms with E-state index in [1.165, 1.54) is 40.6 Å². The molecule has 0 aliphatic rings. The zero-order valence-corrected chi connectivity index (χ0v) is 27.3. The molecule has 0 heterocycles. The Morgan fingerprint density at radius 2 is 0.913 bits per heavy atom. The van der Waals surface area contributed by atoms with E-state index < -0.39 is 11.6 Å². The van der Waals surface area contributed by atoms with Gasteiger partial charge in [0.15, 0.2) is 23.0 Å². The summed E-state index contributed by atoms with van der Waals surface area (Å²) in [6.45, 7) is 0. The Bertz CT molecular complexity index is 1680. The van der Waals surface area contributed by atoms with Gasteiger partial charge in [0.2, 0.25) is 23.1 Å². The number of ketones is 2. The van der Waals surface area contributed by atoms with Crippen molar-refractivity contribution in [2.45, 2.75) is 12.8 Å². The molecule has 0 atom stereocenters. The summed E-state index contributed by atoms with van der Waals surface area (Å²) in [5, 5.41) is 0. The molecule has 0 fully saturated rings. The Morgan fingerprint density at radius 1 is 0.457 bits per heavy atom. The largest absolute Gasteiger partial charge is 0.496 e. The van der Waals surface area contributed by atoms with Gasteiger partial charge in [0.25, 0.3) is 0 Å². The summed E-state index contributed by atoms with van der Waals surface area (Å²) >= 11 is 0. The number of aryl methyl sites for hydroxylation is 2. The third-order valence-corrected chi connectivity index (χ3v) is 7.60. The smallest absolute Gasteiger partial charge is 0.237 e. The second kappa shape index (κ2) is 15.1. The van der Waals surface area contributed by atoms with E-state index >= 15 is 0 Å². The molecular formula is C36H38O10. The van der Waals surface area contributed by atoms with Crippen LogP contribution in [0.25, 0.3) is 11.1 Å². The number of benzene rings is 4. The minimum Gasteiger partial charge on any atom is -0.496 e. The molecule has 0 amide bonds. The van der Waals surface area contributed by atoms with Crippen molar-refractivity contribution in [3.8, 4) is 57.1 Å². The molecule has 0 unspecified atom stereocenters. The van der Waals surface area contributed by atoms with Gasteiger partial charge in [-0.2, -0.15) is 0 Å². The van der Waals surface area contributed by atoms with Gasteiger partial charge in [0.05, 0.1) is 62.4 Å². The number of rotatable bonds is 15. The highest BCUT2D eigenvalue weighted by Gasteiger charge is 2.26. The van der Waals surface area contributed by atoms with E-state index in [4.69, 9.17) is 37.9 Å². The average molecular weight is 631 g/mol. The lowest BCUT2D eigenvalue weighted by Crippen LogP contribution is -2.16. The molecule has 242 valence electrons. The van der Waals surface area contributed by atoms with Crippen LogP contribution in [-0.2, 0) is 12.8 Å². The van der Waals surface area contributed by atoms with E-state index in [1.807, 2.05) is 36.4 Å². The van der Waals surface area contributed by atoms with Gasteiger partial charge >= 0.3 is 0 Å². The van der Waals surface area contributed by atoms with Gasteiger partial charge in [-0.1, -0.05) is 12.1 Å². The van der Waals surface area contributed by atoms with Crippen molar-refractivity contribution >= 4 is 11.6 Å². The predicted molar refractivity (Wildman–Crippen MR) is 173 cm³/mol. The lowest BCUT2D eigenvalue weighted by atomic mass is 9.94. The van der Waals surface area contributed by atoms with Crippen LogP contribution in [0.3, 0.4) is 0 Å². The zero-order valence-electron chi connectivity index (χ0n) is 27.3. The van der Waals surface area contributed by atoms with Crippen molar-refractivity contribution in [3.05, 3.63) is 82.9 Å². The quantitative estimate of drug-likeness (QED) is 0.110. The molecule has 0 aromatic heterocycles. The van der Waals surface area contributed by atoms with Crippen molar-refractivity contribution in [3.63, 3.8) is 0 Å². The molecule has 0 N–H and O–H groups in total. The van der Waals surface area contributed by atoms with Crippen LogP contribution in [0.4, 0.5) is 0 Å². The topological polar surface area (TPSA) is 108 Å². The molecule has 0 aliphatic carbocycles. The number of carbonyl (C=O) groups is 2. The average Bonchev–Trinajstić information content (AvgIpc) is 3.11. The summed E-state index contributed by atoms with van der Waals surface area (Å²) in [6.07, 6.45) is 1.30. The van der Waals surface area contributed by atoms with Gasteiger partial charge in [-0.15, -0.1) is 0 Å². The summed E-state index contributed by atoms with van der Waals surface area (Å²) in [5.41, 5.74) is 3.70. The van der Waals surface area contributed by atoms with Gasteiger partial charge in [-0.25, -0.2) is 0 Å². The second-order valence-electron chi connectivity index (χ2n) is 10.0. The van der Waals surface area contributed by atoms with Crippen molar-refractivity contribution in [2.24, 2.45) is 0 Å². The number of ether oxygens (including phenoxy) is 8. The number of hydrogen-bond donors (Lipinski definition) is 0. The first-order valence-electron chi connectivity index (χ1n) is 14.3. The van der Waals surface area contributed by atoms with Crippen LogP contribution in [0.2, 0.25) is 0 Å². The fourth-order valence-electron chi connectivity index (χ4n) is 5.24. The van der Waals surface area contributed by atoms with E-state index in [0.29, 0.717) is 35.8 Å². The first kappa shape index (κ1) is 33.5. The van der Waals surface area contributed by atoms with Crippen LogP contribution in [-0.4, -0.2) is 68.4 Å². The van der Waals surface area contributed by atoms with Crippen molar-refractivity contribution in [1.82, 2.24) is 0 Å². The van der Waals surface area contributed by atoms with Crippen molar-refractivity contribution < 1.29 is 47.5 Å². The van der Waals surface area contributed by atoms with Gasteiger partial charge in [-0.05, 0) is 83.6 Å². The van der Waals surface area contributed by atoms with Crippen LogP contribution < -0.4 is 37.9 Å². The maximum Gasteiger partial charge on any atom is 0.237 e. The minimum atomic E-state index is -0.754. The van der Waals surface area contributed by atoms with E-state index in [9.17, 15) is 9.59 Å². The first-order chi connectivity index (χ1) is 22.3. The van der Waals surface area contributed by atoms with E-state index in [1.54, 1.807) is 40.6 Å². The van der Waals surface area contributed by atoms with Crippen LogP contribution in [0.1, 0.15) is 31.8 Å². The molecule has 4 rings (SSSR count). The molecule has 46 heavy (non-hydrogen) atoms. The Hall–Kier alpha value is -5.38. The second-order valence-corrected chi connectivity index (χ2v) is 10.0. The van der Waals surface area contributed by atoms with Crippen LogP contribution >= 0.6 is 0 Å². The predicted octanol–water partition coefficient (Wildman–Crippen LogP) is 6.27. The highest BCUT2D eigenvalue weighted by atomic mass is 16.5. The van der Waals surface area contributed by atoms with Gasteiger partial charge in [-0.3, -0.25) is 9.59 Å². The van der Waals surface area contributed by atoms with Crippen molar-refractivity contribution in [1.29, 1.82) is 0 Å².